The summed E-state index contributed by atoms with van der Waals surface area (Å²) in [5, 5.41) is 8.79. The predicted octanol–water partition coefficient (Wildman–Crippen LogP) is 2.03. The number of nitrogens with zero attached hydrogens (tertiary/aromatic N) is 5. The third kappa shape index (κ3) is 3.66. The van der Waals surface area contributed by atoms with Crippen molar-refractivity contribution in [3.8, 4) is 0 Å². The van der Waals surface area contributed by atoms with Gasteiger partial charge >= 0.3 is 0 Å². The summed E-state index contributed by atoms with van der Waals surface area (Å²) in [7, 11) is 0. The summed E-state index contributed by atoms with van der Waals surface area (Å²) in [6.07, 6.45) is 2.24. The minimum Gasteiger partial charge on any atom is -0.343 e. The maximum atomic E-state index is 13.0. The Balaban J connectivity index is 1.44. The molecule has 0 saturated carbocycles. The zero-order valence-corrected chi connectivity index (χ0v) is 16.5. The Bertz CT molecular complexity index is 855. The van der Waals surface area contributed by atoms with E-state index in [2.05, 4.69) is 33.8 Å². The molecule has 1 saturated heterocycles. The minimum absolute atomic E-state index is 0.000982. The van der Waals surface area contributed by atoms with Crippen molar-refractivity contribution < 1.29 is 9.59 Å². The van der Waals surface area contributed by atoms with E-state index in [1.165, 1.54) is 5.56 Å². The van der Waals surface area contributed by atoms with Crippen LogP contribution in [-0.4, -0.2) is 56.0 Å². The molecule has 2 aliphatic heterocycles. The van der Waals surface area contributed by atoms with Crippen molar-refractivity contribution in [1.29, 1.82) is 0 Å². The van der Waals surface area contributed by atoms with Crippen LogP contribution in [-0.2, 0) is 22.6 Å². The number of carbonyl (C=O) groups excluding carboxylic acids is 2. The van der Waals surface area contributed by atoms with Gasteiger partial charge in [0.15, 0.2) is 5.82 Å². The summed E-state index contributed by atoms with van der Waals surface area (Å²) in [4.78, 5) is 28.3. The van der Waals surface area contributed by atoms with Gasteiger partial charge in [-0.1, -0.05) is 30.3 Å². The normalized spacial score (nSPS) is 20.1. The molecular formula is C21H27N5O2. The van der Waals surface area contributed by atoms with Gasteiger partial charge in [-0.2, -0.15) is 0 Å². The second-order valence-electron chi connectivity index (χ2n) is 7.91. The van der Waals surface area contributed by atoms with Gasteiger partial charge in [0.25, 0.3) is 0 Å². The molecule has 7 nitrogen and oxygen atoms in total. The molecule has 1 fully saturated rings. The smallest absolute Gasteiger partial charge is 0.226 e. The molecule has 0 N–H and O–H groups in total. The molecule has 148 valence electrons. The van der Waals surface area contributed by atoms with E-state index in [4.69, 9.17) is 0 Å². The second-order valence-corrected chi connectivity index (χ2v) is 7.91. The van der Waals surface area contributed by atoms with Gasteiger partial charge in [-0.15, -0.1) is 10.2 Å². The second kappa shape index (κ2) is 7.73. The first kappa shape index (κ1) is 18.7. The van der Waals surface area contributed by atoms with Crippen LogP contribution in [0, 0.1) is 5.92 Å². The number of hydrogen-bond donors (Lipinski definition) is 0. The topological polar surface area (TPSA) is 71.3 Å². The van der Waals surface area contributed by atoms with Crippen LogP contribution in [0.15, 0.2) is 30.3 Å². The summed E-state index contributed by atoms with van der Waals surface area (Å²) in [6, 6.07) is 10.4. The molecule has 0 bridgehead atoms. The molecule has 0 unspecified atom stereocenters. The maximum Gasteiger partial charge on any atom is 0.226 e. The van der Waals surface area contributed by atoms with E-state index in [1.807, 2.05) is 28.0 Å². The van der Waals surface area contributed by atoms with Crippen LogP contribution in [0.25, 0.3) is 0 Å². The van der Waals surface area contributed by atoms with Crippen LogP contribution in [0.3, 0.4) is 0 Å². The Morgan fingerprint density at radius 3 is 2.46 bits per heavy atom. The Hall–Kier alpha value is -2.70. The lowest BCUT2D eigenvalue weighted by Gasteiger charge is -2.37. The lowest BCUT2D eigenvalue weighted by atomic mass is 9.94. The number of fused-ring (bicyclic) bond motifs is 1. The zero-order chi connectivity index (χ0) is 19.7. The number of benzene rings is 1. The van der Waals surface area contributed by atoms with E-state index < -0.39 is 0 Å². The fraction of sp³-hybridized carbons (Fsp3) is 0.524. The highest BCUT2D eigenvalue weighted by atomic mass is 16.2. The van der Waals surface area contributed by atoms with Crippen molar-refractivity contribution >= 4 is 11.8 Å². The Morgan fingerprint density at radius 1 is 1.07 bits per heavy atom. The highest BCUT2D eigenvalue weighted by Gasteiger charge is 2.34. The van der Waals surface area contributed by atoms with Crippen LogP contribution in [0.1, 0.15) is 49.9 Å². The summed E-state index contributed by atoms with van der Waals surface area (Å²) >= 11 is 0. The maximum absolute atomic E-state index is 13.0. The van der Waals surface area contributed by atoms with Crippen molar-refractivity contribution in [3.05, 3.63) is 47.5 Å². The average molecular weight is 381 g/mol. The monoisotopic (exact) mass is 381 g/mol. The van der Waals surface area contributed by atoms with E-state index >= 15 is 0 Å². The first-order valence-corrected chi connectivity index (χ1v) is 10.0. The Labute approximate surface area is 165 Å². The van der Waals surface area contributed by atoms with Crippen LogP contribution in [0.5, 0.6) is 0 Å². The molecular weight excluding hydrogens is 354 g/mol. The number of rotatable bonds is 3. The molecule has 0 spiro atoms. The molecule has 0 aliphatic carbocycles. The molecule has 3 heterocycles. The fourth-order valence-corrected chi connectivity index (χ4v) is 4.38. The first-order chi connectivity index (χ1) is 13.5. The van der Waals surface area contributed by atoms with Crippen molar-refractivity contribution in [2.45, 2.75) is 45.7 Å². The van der Waals surface area contributed by atoms with Crippen LogP contribution in [0.2, 0.25) is 0 Å². The minimum atomic E-state index is 0.000982. The molecule has 0 radical (unpaired) electrons. The summed E-state index contributed by atoms with van der Waals surface area (Å²) in [5.41, 5.74) is 1.21. The van der Waals surface area contributed by atoms with Gasteiger partial charge < -0.3 is 14.4 Å². The predicted molar refractivity (Wildman–Crippen MR) is 104 cm³/mol. The number of hydrogen-bond acceptors (Lipinski definition) is 4. The van der Waals surface area contributed by atoms with Crippen LogP contribution in [0.4, 0.5) is 0 Å². The first-order valence-electron chi connectivity index (χ1n) is 10.0. The Morgan fingerprint density at radius 2 is 1.79 bits per heavy atom. The number of piperidine rings is 1. The lowest BCUT2D eigenvalue weighted by molar-refractivity contribution is -0.141. The SMILES string of the molecule is CC(=O)N1CCC(C(=O)N2Cc3nnc(Cc4ccccc4)n3[C@@H](C)C2)CC1. The van der Waals surface area contributed by atoms with Gasteiger partial charge in [-0.25, -0.2) is 0 Å². The quantitative estimate of drug-likeness (QED) is 0.816. The summed E-state index contributed by atoms with van der Waals surface area (Å²) in [5.74, 6) is 2.10. The van der Waals surface area contributed by atoms with Crippen molar-refractivity contribution in [2.24, 2.45) is 5.92 Å². The number of likely N-dealkylation sites (tertiary alicyclic amines) is 1. The highest BCUT2D eigenvalue weighted by molar-refractivity contribution is 5.80. The molecule has 4 rings (SSSR count). The van der Waals surface area contributed by atoms with Gasteiger partial charge in [-0.3, -0.25) is 9.59 Å². The molecule has 1 aromatic heterocycles. The van der Waals surface area contributed by atoms with Gasteiger partial charge in [-0.05, 0) is 25.3 Å². The van der Waals surface area contributed by atoms with Gasteiger partial charge in [0, 0.05) is 38.9 Å². The number of carbonyl (C=O) groups is 2. The van der Waals surface area contributed by atoms with Gasteiger partial charge in [0.05, 0.1) is 12.6 Å². The molecule has 28 heavy (non-hydrogen) atoms. The summed E-state index contributed by atoms with van der Waals surface area (Å²) < 4.78 is 2.19. The van der Waals surface area contributed by atoms with Crippen molar-refractivity contribution in [1.82, 2.24) is 24.6 Å². The highest BCUT2D eigenvalue weighted by Crippen LogP contribution is 2.27. The standard InChI is InChI=1S/C21H27N5O2/c1-15-13-25(21(28)18-8-10-24(11-9-18)16(2)27)14-20-23-22-19(26(15)20)12-17-6-4-3-5-7-17/h3-7,15,18H,8-14H2,1-2H3/t15-/m0/s1. The largest absolute Gasteiger partial charge is 0.343 e. The Kier molecular flexibility index (Phi) is 5.15. The molecule has 1 atom stereocenters. The lowest BCUT2D eigenvalue weighted by Crippen LogP contribution is -2.47. The molecule has 2 aliphatic rings. The zero-order valence-electron chi connectivity index (χ0n) is 16.5. The van der Waals surface area contributed by atoms with Gasteiger partial charge in [0.2, 0.25) is 11.8 Å². The van der Waals surface area contributed by atoms with Crippen molar-refractivity contribution in [3.63, 3.8) is 0 Å². The fourth-order valence-electron chi connectivity index (χ4n) is 4.38. The molecule has 2 aromatic rings. The third-order valence-corrected chi connectivity index (χ3v) is 5.90. The number of amides is 2. The number of aromatic nitrogens is 3. The van der Waals surface area contributed by atoms with Gasteiger partial charge in [0.1, 0.15) is 5.82 Å². The van der Waals surface area contributed by atoms with E-state index in [0.29, 0.717) is 26.2 Å². The average Bonchev–Trinajstić information content (AvgIpc) is 3.11. The van der Waals surface area contributed by atoms with Crippen LogP contribution >= 0.6 is 0 Å². The van der Waals surface area contributed by atoms with E-state index in [1.54, 1.807) is 6.92 Å². The summed E-state index contributed by atoms with van der Waals surface area (Å²) in [6.45, 7) is 6.25. The third-order valence-electron chi connectivity index (χ3n) is 5.90. The molecule has 2 amide bonds. The van der Waals surface area contributed by atoms with E-state index in [-0.39, 0.29) is 23.8 Å². The molecule has 7 heteroatoms. The van der Waals surface area contributed by atoms with E-state index in [9.17, 15) is 9.59 Å². The van der Waals surface area contributed by atoms with Crippen LogP contribution < -0.4 is 0 Å². The van der Waals surface area contributed by atoms with Crippen molar-refractivity contribution in [2.75, 3.05) is 19.6 Å². The molecule has 1 aromatic carbocycles. The van der Waals surface area contributed by atoms with E-state index in [0.717, 1.165) is 30.9 Å².